The van der Waals surface area contributed by atoms with Gasteiger partial charge in [0.25, 0.3) is 0 Å². The maximum Gasteiger partial charge on any atom is 0.243 e. The summed E-state index contributed by atoms with van der Waals surface area (Å²) in [6.07, 6.45) is 0.894. The fourth-order valence-electron chi connectivity index (χ4n) is 4.42. The first-order valence-corrected chi connectivity index (χ1v) is 11.2. The summed E-state index contributed by atoms with van der Waals surface area (Å²) < 4.78 is 35.2. The van der Waals surface area contributed by atoms with Crippen LogP contribution in [0, 0.1) is 5.82 Å². The molecular formula is C25H23ClF2N2O4. The zero-order chi connectivity index (χ0) is 24.4. The zero-order valence-corrected chi connectivity index (χ0v) is 19.2. The van der Waals surface area contributed by atoms with Crippen molar-refractivity contribution in [3.8, 4) is 5.75 Å². The van der Waals surface area contributed by atoms with Gasteiger partial charge in [-0.15, -0.1) is 0 Å². The van der Waals surface area contributed by atoms with E-state index in [1.807, 2.05) is 0 Å². The molecule has 0 N–H and O–H groups in total. The van der Waals surface area contributed by atoms with Crippen molar-refractivity contribution in [2.45, 2.75) is 38.0 Å². The second-order valence-electron chi connectivity index (χ2n) is 8.29. The predicted octanol–water partition coefficient (Wildman–Crippen LogP) is 4.40. The number of likely N-dealkylation sites (tertiary alicyclic amines) is 1. The number of hydrogen-bond donors (Lipinski definition) is 0. The molecule has 34 heavy (non-hydrogen) atoms. The Morgan fingerprint density at radius 3 is 2.79 bits per heavy atom. The Kier molecular flexibility index (Phi) is 6.97. The van der Waals surface area contributed by atoms with E-state index >= 15 is 0 Å². The summed E-state index contributed by atoms with van der Waals surface area (Å²) in [5.74, 6) is -0.774. The number of ether oxygens (including phenoxy) is 1. The van der Waals surface area contributed by atoms with Crippen molar-refractivity contribution in [1.29, 1.82) is 0 Å². The molecule has 2 atom stereocenters. The van der Waals surface area contributed by atoms with Crippen LogP contribution < -0.4 is 4.74 Å². The maximum atomic E-state index is 14.3. The molecule has 2 heterocycles. The van der Waals surface area contributed by atoms with Crippen molar-refractivity contribution in [1.82, 2.24) is 9.47 Å². The first-order valence-electron chi connectivity index (χ1n) is 10.8. The summed E-state index contributed by atoms with van der Waals surface area (Å²) in [4.78, 5) is 38.7. The van der Waals surface area contributed by atoms with Crippen molar-refractivity contribution < 1.29 is 27.9 Å². The lowest BCUT2D eigenvalue weighted by atomic mass is 10.0. The predicted molar refractivity (Wildman–Crippen MR) is 124 cm³/mol. The summed E-state index contributed by atoms with van der Waals surface area (Å²) in [7, 11) is 1.51. The Morgan fingerprint density at radius 1 is 1.26 bits per heavy atom. The van der Waals surface area contributed by atoms with Gasteiger partial charge >= 0.3 is 0 Å². The molecule has 0 bridgehead atoms. The van der Waals surface area contributed by atoms with Gasteiger partial charge in [0.1, 0.15) is 24.3 Å². The van der Waals surface area contributed by atoms with Crippen LogP contribution in [0.25, 0.3) is 10.9 Å². The number of rotatable bonds is 8. The van der Waals surface area contributed by atoms with Crippen molar-refractivity contribution >= 4 is 40.5 Å². The van der Waals surface area contributed by atoms with Crippen LogP contribution in [0.4, 0.5) is 8.78 Å². The Labute approximate surface area is 200 Å². The Morgan fingerprint density at radius 2 is 2.06 bits per heavy atom. The molecule has 1 saturated heterocycles. The lowest BCUT2D eigenvalue weighted by molar-refractivity contribution is -0.138. The van der Waals surface area contributed by atoms with Gasteiger partial charge in [0, 0.05) is 35.5 Å². The number of aryl methyl sites for hydroxylation is 1. The molecule has 1 aliphatic rings. The van der Waals surface area contributed by atoms with Gasteiger partial charge in [-0.05, 0) is 36.2 Å². The van der Waals surface area contributed by atoms with Crippen molar-refractivity contribution in [2.24, 2.45) is 0 Å². The molecule has 1 fully saturated rings. The third-order valence-corrected chi connectivity index (χ3v) is 6.46. The van der Waals surface area contributed by atoms with Gasteiger partial charge < -0.3 is 14.2 Å². The number of benzene rings is 2. The number of alkyl halides is 1. The monoisotopic (exact) mass is 488 g/mol. The molecule has 178 valence electrons. The lowest BCUT2D eigenvalue weighted by Gasteiger charge is -2.24. The third kappa shape index (κ3) is 4.68. The lowest BCUT2D eigenvalue weighted by Crippen LogP contribution is -2.42. The van der Waals surface area contributed by atoms with E-state index in [-0.39, 0.29) is 43.2 Å². The molecule has 3 aromatic rings. The van der Waals surface area contributed by atoms with Gasteiger partial charge in [-0.1, -0.05) is 23.7 Å². The summed E-state index contributed by atoms with van der Waals surface area (Å²) in [5.41, 5.74) is 1.33. The number of methoxy groups -OCH3 is 1. The minimum absolute atomic E-state index is 0.0299. The van der Waals surface area contributed by atoms with Crippen molar-refractivity contribution in [2.75, 3.05) is 13.7 Å². The van der Waals surface area contributed by atoms with Gasteiger partial charge in [0.05, 0.1) is 24.7 Å². The molecule has 9 heteroatoms. The molecule has 0 spiro atoms. The quantitative estimate of drug-likeness (QED) is 0.441. The van der Waals surface area contributed by atoms with Crippen molar-refractivity contribution in [3.05, 3.63) is 64.6 Å². The summed E-state index contributed by atoms with van der Waals surface area (Å²) >= 11 is 5.79. The number of amides is 1. The highest BCUT2D eigenvalue weighted by atomic mass is 35.5. The number of Topliss-reactive ketones (excluding diaryl/α,β-unsaturated/α-hetero) is 1. The first-order chi connectivity index (χ1) is 16.3. The molecule has 4 rings (SSSR count). The largest absolute Gasteiger partial charge is 0.497 e. The van der Waals surface area contributed by atoms with Crippen LogP contribution in [0.5, 0.6) is 5.75 Å². The smallest absolute Gasteiger partial charge is 0.243 e. The average Bonchev–Trinajstić information content (AvgIpc) is 3.39. The highest BCUT2D eigenvalue weighted by Gasteiger charge is 2.39. The van der Waals surface area contributed by atoms with Crippen LogP contribution in [-0.4, -0.2) is 53.3 Å². The standard InChI is InChI=1S/C25H23ClF2N2O4/c1-34-18-6-7-21-19(10-18)16(14-31)11-29(21)13-24(33)30-12-17(27)9-22(30)23(32)8-5-15-3-2-4-20(26)25(15)28/h2-4,6-7,10-11,14,17,22H,5,8-9,12-13H2,1H3/t17-,22+/m1/s1. The third-order valence-electron chi connectivity index (χ3n) is 6.17. The molecule has 6 nitrogen and oxygen atoms in total. The van der Waals surface area contributed by atoms with Gasteiger partial charge in [-0.3, -0.25) is 14.4 Å². The van der Waals surface area contributed by atoms with E-state index in [1.54, 1.807) is 41.1 Å². The van der Waals surface area contributed by atoms with E-state index in [4.69, 9.17) is 16.3 Å². The second kappa shape index (κ2) is 9.93. The Bertz CT molecular complexity index is 1260. The number of aromatic nitrogens is 1. The summed E-state index contributed by atoms with van der Waals surface area (Å²) in [5, 5.41) is 0.598. The minimum atomic E-state index is -1.32. The fourth-order valence-corrected chi connectivity index (χ4v) is 4.62. The molecule has 0 radical (unpaired) electrons. The van der Waals surface area contributed by atoms with E-state index in [1.165, 1.54) is 18.1 Å². The van der Waals surface area contributed by atoms with Crippen LogP contribution >= 0.6 is 11.6 Å². The van der Waals surface area contributed by atoms with E-state index in [2.05, 4.69) is 0 Å². The molecule has 1 aliphatic heterocycles. The van der Waals surface area contributed by atoms with Crippen LogP contribution in [0.1, 0.15) is 28.8 Å². The van der Waals surface area contributed by atoms with Gasteiger partial charge in [-0.25, -0.2) is 8.78 Å². The van der Waals surface area contributed by atoms with E-state index < -0.39 is 23.9 Å². The maximum absolute atomic E-state index is 14.3. The Hall–Kier alpha value is -3.26. The topological polar surface area (TPSA) is 68.6 Å². The summed E-state index contributed by atoms with van der Waals surface area (Å²) in [6, 6.07) is 8.79. The van der Waals surface area contributed by atoms with Gasteiger partial charge in [0.15, 0.2) is 12.1 Å². The zero-order valence-electron chi connectivity index (χ0n) is 18.5. The number of ketones is 1. The van der Waals surface area contributed by atoms with Crippen LogP contribution in [0.2, 0.25) is 5.02 Å². The number of halogens is 3. The number of carbonyl (C=O) groups excluding carboxylic acids is 3. The first kappa shape index (κ1) is 23.9. The Balaban J connectivity index is 1.50. The van der Waals surface area contributed by atoms with E-state index in [0.29, 0.717) is 34.1 Å². The van der Waals surface area contributed by atoms with E-state index in [9.17, 15) is 23.2 Å². The highest BCUT2D eigenvalue weighted by molar-refractivity contribution is 6.30. The number of carbonyl (C=O) groups is 3. The molecule has 2 aromatic carbocycles. The fraction of sp³-hybridized carbons (Fsp3) is 0.320. The number of aldehydes is 1. The molecule has 0 unspecified atom stereocenters. The van der Waals surface area contributed by atoms with Crippen LogP contribution in [0.15, 0.2) is 42.6 Å². The molecular weight excluding hydrogens is 466 g/mol. The minimum Gasteiger partial charge on any atom is -0.497 e. The van der Waals surface area contributed by atoms with Gasteiger partial charge in [-0.2, -0.15) is 0 Å². The number of hydrogen-bond acceptors (Lipinski definition) is 4. The average molecular weight is 489 g/mol. The van der Waals surface area contributed by atoms with Crippen molar-refractivity contribution in [3.63, 3.8) is 0 Å². The summed E-state index contributed by atoms with van der Waals surface area (Å²) in [6.45, 7) is -0.343. The molecule has 0 saturated carbocycles. The number of nitrogens with zero attached hydrogens (tertiary/aromatic N) is 2. The number of fused-ring (bicyclic) bond motifs is 1. The van der Waals surface area contributed by atoms with E-state index in [0.717, 1.165) is 0 Å². The highest BCUT2D eigenvalue weighted by Crippen LogP contribution is 2.28. The molecule has 1 aromatic heterocycles. The SMILES string of the molecule is COc1ccc2c(c1)c(C=O)cn2CC(=O)N1C[C@H](F)C[C@H]1C(=O)CCc1cccc(Cl)c1F. The normalized spacial score (nSPS) is 17.8. The van der Waals surface area contributed by atoms with Crippen LogP contribution in [-0.2, 0) is 22.6 Å². The molecule has 1 amide bonds. The second-order valence-corrected chi connectivity index (χ2v) is 8.69. The molecule has 0 aliphatic carbocycles. The van der Waals surface area contributed by atoms with Crippen LogP contribution in [0.3, 0.4) is 0 Å². The van der Waals surface area contributed by atoms with Gasteiger partial charge in [0.2, 0.25) is 5.91 Å².